The van der Waals surface area contributed by atoms with Crippen LogP contribution in [0.1, 0.15) is 26.3 Å². The second-order valence-corrected chi connectivity index (χ2v) is 7.91. The molecule has 3 aromatic rings. The number of nitrogens with zero attached hydrogens (tertiary/aromatic N) is 4. The average Bonchev–Trinajstić information content (AvgIpc) is 3.46. The second-order valence-electron chi connectivity index (χ2n) is 7.91. The monoisotopic (exact) mass is 367 g/mol. The number of aromatic amines is 1. The van der Waals surface area contributed by atoms with E-state index in [1.807, 2.05) is 24.4 Å². The number of rotatable bonds is 4. The molecular weight excluding hydrogens is 342 g/mol. The van der Waals surface area contributed by atoms with Crippen LogP contribution in [0.3, 0.4) is 0 Å². The Hall–Kier alpha value is -2.38. The minimum Gasteiger partial charge on any atom is -0.451 e. The smallest absolute Gasteiger partial charge is 0.176 e. The Bertz CT molecular complexity index is 897. The molecule has 3 aromatic heterocycles. The summed E-state index contributed by atoms with van der Waals surface area (Å²) >= 11 is 0. The van der Waals surface area contributed by atoms with Crippen molar-refractivity contribution in [1.29, 1.82) is 0 Å². The van der Waals surface area contributed by atoms with Crippen molar-refractivity contribution in [1.82, 2.24) is 24.6 Å². The Labute approximate surface area is 158 Å². The molecule has 2 fully saturated rings. The average molecular weight is 367 g/mol. The predicted octanol–water partition coefficient (Wildman–Crippen LogP) is 3.20. The maximum Gasteiger partial charge on any atom is 0.176 e. The molecule has 0 radical (unpaired) electrons. The third-order valence-corrected chi connectivity index (χ3v) is 5.82. The third-order valence-electron chi connectivity index (χ3n) is 5.82. The van der Waals surface area contributed by atoms with E-state index >= 15 is 0 Å². The van der Waals surface area contributed by atoms with Crippen LogP contribution in [0.4, 0.5) is 0 Å². The number of imidazole rings is 1. The Morgan fingerprint density at radius 3 is 2.81 bits per heavy atom. The lowest BCUT2D eigenvalue weighted by atomic mass is 10.0. The van der Waals surface area contributed by atoms with E-state index < -0.39 is 0 Å². The van der Waals surface area contributed by atoms with Crippen LogP contribution in [0.5, 0.6) is 0 Å². The van der Waals surface area contributed by atoms with Crippen LogP contribution in [0.25, 0.3) is 23.0 Å². The Morgan fingerprint density at radius 1 is 1.11 bits per heavy atom. The molecule has 0 saturated carbocycles. The molecule has 0 aliphatic carbocycles. The summed E-state index contributed by atoms with van der Waals surface area (Å²) in [6.45, 7) is 7.36. The van der Waals surface area contributed by atoms with E-state index in [0.29, 0.717) is 24.1 Å². The molecule has 0 spiro atoms. The van der Waals surface area contributed by atoms with E-state index in [-0.39, 0.29) is 0 Å². The minimum atomic E-state index is 0.337. The molecule has 0 bridgehead atoms. The van der Waals surface area contributed by atoms with Crippen LogP contribution in [0.15, 0.2) is 41.2 Å². The van der Waals surface area contributed by atoms with Crippen LogP contribution in [-0.2, 0) is 4.74 Å². The van der Waals surface area contributed by atoms with Gasteiger partial charge in [-0.1, -0.05) is 13.8 Å². The van der Waals surface area contributed by atoms with Gasteiger partial charge >= 0.3 is 0 Å². The van der Waals surface area contributed by atoms with E-state index in [0.717, 1.165) is 49.2 Å². The molecule has 0 unspecified atom stereocenters. The zero-order chi connectivity index (χ0) is 18.4. The van der Waals surface area contributed by atoms with Gasteiger partial charge in [-0.2, -0.15) is 5.10 Å². The fraction of sp³-hybridized carbons (Fsp3) is 0.500. The molecule has 3 atom stereocenters. The molecule has 0 aromatic carbocycles. The lowest BCUT2D eigenvalue weighted by molar-refractivity contribution is -0.0683. The molecule has 142 valence electrons. The molecule has 7 heteroatoms. The van der Waals surface area contributed by atoms with Gasteiger partial charge in [0.1, 0.15) is 5.69 Å². The summed E-state index contributed by atoms with van der Waals surface area (Å²) < 4.78 is 14.4. The van der Waals surface area contributed by atoms with Crippen molar-refractivity contribution < 1.29 is 9.15 Å². The first-order chi connectivity index (χ1) is 13.2. The van der Waals surface area contributed by atoms with Crippen molar-refractivity contribution in [3.05, 3.63) is 36.8 Å². The summed E-state index contributed by atoms with van der Waals surface area (Å²) in [6.07, 6.45) is 7.07. The summed E-state index contributed by atoms with van der Waals surface area (Å²) in [5, 5.41) is 6.92. The van der Waals surface area contributed by atoms with E-state index in [2.05, 4.69) is 44.7 Å². The highest BCUT2D eigenvalue weighted by molar-refractivity contribution is 5.58. The summed E-state index contributed by atoms with van der Waals surface area (Å²) in [5.41, 5.74) is 0.870. The molecule has 2 aliphatic heterocycles. The van der Waals surface area contributed by atoms with Crippen molar-refractivity contribution in [3.63, 3.8) is 0 Å². The first kappa shape index (κ1) is 16.8. The minimum absolute atomic E-state index is 0.337. The second kappa shape index (κ2) is 6.65. The van der Waals surface area contributed by atoms with Gasteiger partial charge in [-0.05, 0) is 30.5 Å². The van der Waals surface area contributed by atoms with Gasteiger partial charge in [0.25, 0.3) is 0 Å². The van der Waals surface area contributed by atoms with E-state index in [1.165, 1.54) is 0 Å². The molecule has 2 saturated heterocycles. The van der Waals surface area contributed by atoms with E-state index in [9.17, 15) is 0 Å². The van der Waals surface area contributed by atoms with E-state index in [4.69, 9.17) is 9.15 Å². The van der Waals surface area contributed by atoms with Gasteiger partial charge in [-0.3, -0.25) is 10.00 Å². The van der Waals surface area contributed by atoms with Gasteiger partial charge in [-0.15, -0.1) is 0 Å². The number of hydrogen-bond donors (Lipinski definition) is 1. The normalized spacial score (nSPS) is 26.0. The highest BCUT2D eigenvalue weighted by Gasteiger charge is 2.39. The number of H-pyrrole nitrogens is 1. The summed E-state index contributed by atoms with van der Waals surface area (Å²) in [6, 6.07) is 6.73. The molecule has 0 amide bonds. The molecule has 5 heterocycles. The first-order valence-electron chi connectivity index (χ1n) is 9.67. The highest BCUT2D eigenvalue weighted by Crippen LogP contribution is 2.35. The maximum absolute atomic E-state index is 6.08. The lowest BCUT2D eigenvalue weighted by Crippen LogP contribution is -2.47. The van der Waals surface area contributed by atoms with Crippen molar-refractivity contribution in [2.45, 2.75) is 38.5 Å². The van der Waals surface area contributed by atoms with Crippen LogP contribution in [-0.4, -0.2) is 56.5 Å². The standard InChI is InChI=1S/C20H25N5O2/c1-13(2)19-11-24-10-14(9-15(24)12-26-19)25-8-7-21-20(25)18-4-3-17(27-18)16-5-6-22-23-16/h3-8,13-15,19H,9-12H2,1-2H3,(H,22,23)/t14-,15-,19+/m0/s1. The number of nitrogens with one attached hydrogen (secondary N) is 1. The van der Waals surface area contributed by atoms with Crippen molar-refractivity contribution in [3.8, 4) is 23.0 Å². The number of furan rings is 1. The summed E-state index contributed by atoms with van der Waals surface area (Å²) in [5.74, 6) is 2.99. The Morgan fingerprint density at radius 2 is 2.00 bits per heavy atom. The number of aromatic nitrogens is 4. The number of ether oxygens (including phenoxy) is 1. The molecule has 27 heavy (non-hydrogen) atoms. The topological polar surface area (TPSA) is 72.1 Å². The van der Waals surface area contributed by atoms with Gasteiger partial charge in [0.05, 0.1) is 12.7 Å². The van der Waals surface area contributed by atoms with Gasteiger partial charge in [0.15, 0.2) is 17.3 Å². The largest absolute Gasteiger partial charge is 0.451 e. The fourth-order valence-electron chi connectivity index (χ4n) is 4.27. The summed E-state index contributed by atoms with van der Waals surface area (Å²) in [7, 11) is 0. The summed E-state index contributed by atoms with van der Waals surface area (Å²) in [4.78, 5) is 7.16. The zero-order valence-corrected chi connectivity index (χ0v) is 15.7. The van der Waals surface area contributed by atoms with E-state index in [1.54, 1.807) is 6.20 Å². The third kappa shape index (κ3) is 3.00. The first-order valence-corrected chi connectivity index (χ1v) is 9.67. The van der Waals surface area contributed by atoms with Crippen LogP contribution < -0.4 is 0 Å². The maximum atomic E-state index is 6.08. The number of fused-ring (bicyclic) bond motifs is 1. The SMILES string of the molecule is CC(C)[C@H]1CN2C[C@@H](n3ccnc3-c3ccc(-c4ccn[nH]4)o3)C[C@H]2CO1. The van der Waals surface area contributed by atoms with Gasteiger partial charge in [-0.25, -0.2) is 4.98 Å². The molecular formula is C20H25N5O2. The van der Waals surface area contributed by atoms with Crippen molar-refractivity contribution >= 4 is 0 Å². The quantitative estimate of drug-likeness (QED) is 0.767. The number of morpholine rings is 1. The lowest BCUT2D eigenvalue weighted by Gasteiger charge is -2.36. The van der Waals surface area contributed by atoms with Gasteiger partial charge in [0.2, 0.25) is 0 Å². The van der Waals surface area contributed by atoms with Gasteiger partial charge in [0, 0.05) is 43.8 Å². The zero-order valence-electron chi connectivity index (χ0n) is 15.7. The van der Waals surface area contributed by atoms with Crippen molar-refractivity contribution in [2.24, 2.45) is 5.92 Å². The Balaban J connectivity index is 1.37. The van der Waals surface area contributed by atoms with Crippen LogP contribution in [0.2, 0.25) is 0 Å². The highest BCUT2D eigenvalue weighted by atomic mass is 16.5. The van der Waals surface area contributed by atoms with Crippen LogP contribution >= 0.6 is 0 Å². The number of hydrogen-bond acceptors (Lipinski definition) is 5. The predicted molar refractivity (Wildman–Crippen MR) is 101 cm³/mol. The molecule has 2 aliphatic rings. The molecule has 7 nitrogen and oxygen atoms in total. The fourth-order valence-corrected chi connectivity index (χ4v) is 4.27. The van der Waals surface area contributed by atoms with Gasteiger partial charge < -0.3 is 13.7 Å². The molecule has 5 rings (SSSR count). The molecule has 1 N–H and O–H groups in total. The Kier molecular flexibility index (Phi) is 4.13. The van der Waals surface area contributed by atoms with Crippen LogP contribution in [0, 0.1) is 5.92 Å². The van der Waals surface area contributed by atoms with Crippen molar-refractivity contribution in [2.75, 3.05) is 19.7 Å².